The second kappa shape index (κ2) is 8.15. The number of hydrogen-bond donors (Lipinski definition) is 0. The Labute approximate surface area is 122 Å². The van der Waals surface area contributed by atoms with Gasteiger partial charge in [-0.2, -0.15) is 0 Å². The van der Waals surface area contributed by atoms with Crippen LogP contribution in [0.1, 0.15) is 45.6 Å². The normalized spacial score (nSPS) is 12.9. The molecule has 0 aliphatic carbocycles. The Bertz CT molecular complexity index is 414. The van der Waals surface area contributed by atoms with Gasteiger partial charge in [0.15, 0.2) is 0 Å². The fourth-order valence-electron chi connectivity index (χ4n) is 2.32. The summed E-state index contributed by atoms with van der Waals surface area (Å²) in [5, 5.41) is 0. The molecule has 1 aromatic rings. The SMILES string of the molecule is CCCC(=O)[C@H](CCc1ccc(F)cc1)N(C)C(C)C. The number of hydrogen-bond acceptors (Lipinski definition) is 2. The van der Waals surface area contributed by atoms with Crippen molar-refractivity contribution in [2.24, 2.45) is 0 Å². The minimum Gasteiger partial charge on any atom is -0.298 e. The number of halogens is 1. The first-order valence-corrected chi connectivity index (χ1v) is 7.44. The molecular formula is C17H26FNO. The molecule has 0 spiro atoms. The molecule has 0 N–H and O–H groups in total. The Morgan fingerprint density at radius 3 is 2.35 bits per heavy atom. The van der Waals surface area contributed by atoms with E-state index in [1.165, 1.54) is 12.1 Å². The van der Waals surface area contributed by atoms with Gasteiger partial charge in [-0.1, -0.05) is 19.1 Å². The Kier molecular flexibility index (Phi) is 6.86. The van der Waals surface area contributed by atoms with Gasteiger partial charge in [0.05, 0.1) is 6.04 Å². The number of ketones is 1. The molecular weight excluding hydrogens is 253 g/mol. The Hall–Kier alpha value is -1.22. The highest BCUT2D eigenvalue weighted by Crippen LogP contribution is 2.15. The predicted octanol–water partition coefficient (Wildman–Crippen LogP) is 3.84. The average Bonchev–Trinajstić information content (AvgIpc) is 2.41. The van der Waals surface area contributed by atoms with Gasteiger partial charge in [-0.25, -0.2) is 4.39 Å². The fraction of sp³-hybridized carbons (Fsp3) is 0.588. The van der Waals surface area contributed by atoms with Crippen LogP contribution in [0.25, 0.3) is 0 Å². The van der Waals surface area contributed by atoms with Gasteiger partial charge in [-0.15, -0.1) is 0 Å². The molecule has 0 bridgehead atoms. The van der Waals surface area contributed by atoms with E-state index in [0.717, 1.165) is 24.8 Å². The molecule has 20 heavy (non-hydrogen) atoms. The second-order valence-corrected chi connectivity index (χ2v) is 5.66. The van der Waals surface area contributed by atoms with E-state index < -0.39 is 0 Å². The molecule has 0 heterocycles. The highest BCUT2D eigenvalue weighted by Gasteiger charge is 2.23. The molecule has 0 aliphatic rings. The first kappa shape index (κ1) is 16.8. The lowest BCUT2D eigenvalue weighted by molar-refractivity contribution is -0.124. The van der Waals surface area contributed by atoms with E-state index in [2.05, 4.69) is 18.7 Å². The van der Waals surface area contributed by atoms with Crippen molar-refractivity contribution in [1.29, 1.82) is 0 Å². The minimum atomic E-state index is -0.216. The summed E-state index contributed by atoms with van der Waals surface area (Å²) in [6.07, 6.45) is 3.11. The van der Waals surface area contributed by atoms with Crippen molar-refractivity contribution in [2.75, 3.05) is 7.05 Å². The smallest absolute Gasteiger partial charge is 0.149 e. The van der Waals surface area contributed by atoms with Gasteiger partial charge >= 0.3 is 0 Å². The van der Waals surface area contributed by atoms with Gasteiger partial charge in [0.25, 0.3) is 0 Å². The number of nitrogens with zero attached hydrogens (tertiary/aromatic N) is 1. The van der Waals surface area contributed by atoms with Crippen LogP contribution in [0.2, 0.25) is 0 Å². The number of rotatable bonds is 8. The summed E-state index contributed by atoms with van der Waals surface area (Å²) in [6.45, 7) is 6.23. The summed E-state index contributed by atoms with van der Waals surface area (Å²) < 4.78 is 12.9. The van der Waals surface area contributed by atoms with E-state index in [9.17, 15) is 9.18 Å². The van der Waals surface area contributed by atoms with E-state index in [1.54, 1.807) is 12.1 Å². The summed E-state index contributed by atoms with van der Waals surface area (Å²) in [5.41, 5.74) is 1.08. The van der Waals surface area contributed by atoms with Crippen molar-refractivity contribution in [3.63, 3.8) is 0 Å². The zero-order valence-electron chi connectivity index (χ0n) is 13.0. The lowest BCUT2D eigenvalue weighted by Crippen LogP contribution is -2.42. The molecule has 1 rings (SSSR count). The molecule has 2 nitrogen and oxygen atoms in total. The first-order chi connectivity index (χ1) is 9.45. The third-order valence-corrected chi connectivity index (χ3v) is 3.79. The Morgan fingerprint density at radius 2 is 1.85 bits per heavy atom. The topological polar surface area (TPSA) is 20.3 Å². The van der Waals surface area contributed by atoms with Crippen molar-refractivity contribution < 1.29 is 9.18 Å². The molecule has 0 saturated heterocycles. The Balaban J connectivity index is 2.69. The number of Topliss-reactive ketones (excluding diaryl/α,β-unsaturated/α-hetero) is 1. The molecule has 1 atom stereocenters. The third kappa shape index (κ3) is 5.04. The van der Waals surface area contributed by atoms with Gasteiger partial charge in [-0.3, -0.25) is 9.69 Å². The predicted molar refractivity (Wildman–Crippen MR) is 81.3 cm³/mol. The van der Waals surface area contributed by atoms with Crippen LogP contribution in [-0.4, -0.2) is 29.8 Å². The maximum absolute atomic E-state index is 12.9. The fourth-order valence-corrected chi connectivity index (χ4v) is 2.32. The van der Waals surface area contributed by atoms with E-state index in [0.29, 0.717) is 18.2 Å². The monoisotopic (exact) mass is 279 g/mol. The molecule has 0 unspecified atom stereocenters. The summed E-state index contributed by atoms with van der Waals surface area (Å²) in [5.74, 6) is 0.0949. The van der Waals surface area contributed by atoms with Crippen LogP contribution in [0.5, 0.6) is 0 Å². The van der Waals surface area contributed by atoms with Crippen molar-refractivity contribution in [2.45, 2.75) is 58.5 Å². The molecule has 0 saturated carbocycles. The number of benzene rings is 1. The molecule has 0 aliphatic heterocycles. The van der Waals surface area contributed by atoms with Crippen molar-refractivity contribution in [3.05, 3.63) is 35.6 Å². The van der Waals surface area contributed by atoms with E-state index in [1.807, 2.05) is 14.0 Å². The first-order valence-electron chi connectivity index (χ1n) is 7.44. The summed E-state index contributed by atoms with van der Waals surface area (Å²) >= 11 is 0. The molecule has 0 aromatic heterocycles. The van der Waals surface area contributed by atoms with Crippen LogP contribution >= 0.6 is 0 Å². The number of likely N-dealkylation sites (N-methyl/N-ethyl adjacent to an activating group) is 1. The van der Waals surface area contributed by atoms with Gasteiger partial charge in [0.1, 0.15) is 11.6 Å². The van der Waals surface area contributed by atoms with Crippen LogP contribution in [0, 0.1) is 5.82 Å². The van der Waals surface area contributed by atoms with Gasteiger partial charge < -0.3 is 0 Å². The number of aryl methyl sites for hydroxylation is 1. The lowest BCUT2D eigenvalue weighted by atomic mass is 9.98. The zero-order chi connectivity index (χ0) is 15.1. The lowest BCUT2D eigenvalue weighted by Gasteiger charge is -2.30. The van der Waals surface area contributed by atoms with Crippen LogP contribution in [0.4, 0.5) is 4.39 Å². The largest absolute Gasteiger partial charge is 0.298 e. The highest BCUT2D eigenvalue weighted by atomic mass is 19.1. The standard InChI is InChI=1S/C17H26FNO/c1-5-6-17(20)16(19(4)13(2)3)12-9-14-7-10-15(18)11-8-14/h7-8,10-11,13,16H,5-6,9,12H2,1-4H3/t16-/m0/s1. The van der Waals surface area contributed by atoms with E-state index >= 15 is 0 Å². The van der Waals surface area contributed by atoms with E-state index in [4.69, 9.17) is 0 Å². The van der Waals surface area contributed by atoms with Crippen molar-refractivity contribution in [3.8, 4) is 0 Å². The average molecular weight is 279 g/mol. The van der Waals surface area contributed by atoms with Crippen molar-refractivity contribution >= 4 is 5.78 Å². The summed E-state index contributed by atoms with van der Waals surface area (Å²) in [4.78, 5) is 14.4. The van der Waals surface area contributed by atoms with Crippen LogP contribution in [0.15, 0.2) is 24.3 Å². The maximum Gasteiger partial charge on any atom is 0.149 e. The molecule has 3 heteroatoms. The van der Waals surface area contributed by atoms with Crippen LogP contribution in [-0.2, 0) is 11.2 Å². The van der Waals surface area contributed by atoms with Gasteiger partial charge in [0.2, 0.25) is 0 Å². The van der Waals surface area contributed by atoms with Gasteiger partial charge in [0, 0.05) is 12.5 Å². The molecule has 0 radical (unpaired) electrons. The zero-order valence-corrected chi connectivity index (χ0v) is 13.0. The van der Waals surface area contributed by atoms with Gasteiger partial charge in [-0.05, 0) is 57.9 Å². The molecule has 112 valence electrons. The van der Waals surface area contributed by atoms with Crippen LogP contribution < -0.4 is 0 Å². The number of carbonyl (C=O) groups is 1. The Morgan fingerprint density at radius 1 is 1.25 bits per heavy atom. The number of carbonyl (C=O) groups excluding carboxylic acids is 1. The highest BCUT2D eigenvalue weighted by molar-refractivity contribution is 5.83. The summed E-state index contributed by atoms with van der Waals surface area (Å²) in [6, 6.07) is 6.85. The maximum atomic E-state index is 12.9. The summed E-state index contributed by atoms with van der Waals surface area (Å²) in [7, 11) is 2.01. The second-order valence-electron chi connectivity index (χ2n) is 5.66. The van der Waals surface area contributed by atoms with Crippen molar-refractivity contribution in [1.82, 2.24) is 4.90 Å². The third-order valence-electron chi connectivity index (χ3n) is 3.79. The quantitative estimate of drug-likeness (QED) is 0.720. The van der Waals surface area contributed by atoms with Crippen LogP contribution in [0.3, 0.4) is 0 Å². The van der Waals surface area contributed by atoms with E-state index in [-0.39, 0.29) is 11.9 Å². The molecule has 1 aromatic carbocycles. The minimum absolute atomic E-state index is 0.0417. The molecule has 0 amide bonds. The molecule has 0 fully saturated rings.